The second-order valence-corrected chi connectivity index (χ2v) is 5.22. The van der Waals surface area contributed by atoms with Crippen molar-refractivity contribution in [3.63, 3.8) is 0 Å². The van der Waals surface area contributed by atoms with E-state index in [1.807, 2.05) is 0 Å². The summed E-state index contributed by atoms with van der Waals surface area (Å²) in [7, 11) is -0.560. The van der Waals surface area contributed by atoms with E-state index in [-0.39, 0.29) is 17.2 Å². The molecular formula is C10H15NO4S. The predicted molar refractivity (Wildman–Crippen MR) is 60.5 cm³/mol. The molecule has 90 valence electrons. The zero-order valence-electron chi connectivity index (χ0n) is 9.48. The van der Waals surface area contributed by atoms with E-state index in [4.69, 9.17) is 15.2 Å². The van der Waals surface area contributed by atoms with Crippen molar-refractivity contribution in [1.29, 1.82) is 0 Å². The summed E-state index contributed by atoms with van der Waals surface area (Å²) in [6, 6.07) is 3.26. The van der Waals surface area contributed by atoms with Crippen LogP contribution in [-0.2, 0) is 16.4 Å². The van der Waals surface area contributed by atoms with Gasteiger partial charge >= 0.3 is 0 Å². The molecular weight excluding hydrogens is 230 g/mol. The molecule has 0 bridgehead atoms. The summed E-state index contributed by atoms with van der Waals surface area (Å²) in [5, 5.41) is 0. The van der Waals surface area contributed by atoms with Crippen LogP contribution in [-0.4, -0.2) is 28.9 Å². The quantitative estimate of drug-likeness (QED) is 0.838. The fourth-order valence-corrected chi connectivity index (χ4v) is 2.65. The number of benzene rings is 1. The zero-order valence-corrected chi connectivity index (χ0v) is 10.3. The Morgan fingerprint density at radius 3 is 2.25 bits per heavy atom. The summed E-state index contributed by atoms with van der Waals surface area (Å²) >= 11 is 0. The lowest BCUT2D eigenvalue weighted by Gasteiger charge is -2.14. The smallest absolute Gasteiger partial charge is 0.179 e. The first-order chi connectivity index (χ1) is 7.45. The minimum atomic E-state index is -3.41. The fraction of sp³-hybridized carbons (Fsp3) is 0.400. The minimum absolute atomic E-state index is 0.0943. The maximum atomic E-state index is 11.7. The van der Waals surface area contributed by atoms with Crippen LogP contribution in [0.25, 0.3) is 0 Å². The zero-order chi connectivity index (χ0) is 12.3. The van der Waals surface area contributed by atoms with Gasteiger partial charge in [0.15, 0.2) is 21.3 Å². The van der Waals surface area contributed by atoms with Crippen molar-refractivity contribution in [1.82, 2.24) is 0 Å². The number of hydrogen-bond acceptors (Lipinski definition) is 5. The van der Waals surface area contributed by atoms with Gasteiger partial charge in [-0.3, -0.25) is 0 Å². The van der Waals surface area contributed by atoms with Crippen molar-refractivity contribution in [3.05, 3.63) is 17.7 Å². The summed E-state index contributed by atoms with van der Waals surface area (Å²) in [5.41, 5.74) is 6.02. The largest absolute Gasteiger partial charge is 0.493 e. The Kier molecular flexibility index (Phi) is 3.77. The van der Waals surface area contributed by atoms with E-state index in [1.54, 1.807) is 12.1 Å². The van der Waals surface area contributed by atoms with E-state index in [1.165, 1.54) is 14.2 Å². The summed E-state index contributed by atoms with van der Waals surface area (Å²) in [5.74, 6) is 0.577. The molecule has 0 radical (unpaired) electrons. The van der Waals surface area contributed by atoms with Crippen LogP contribution in [0.15, 0.2) is 17.0 Å². The molecule has 1 aromatic carbocycles. The SMILES string of the molecule is COc1ccc(CN)c(S(C)(=O)=O)c1OC. The highest BCUT2D eigenvalue weighted by Gasteiger charge is 2.22. The molecule has 1 aromatic rings. The van der Waals surface area contributed by atoms with Crippen LogP contribution in [0.3, 0.4) is 0 Å². The molecule has 0 heterocycles. The number of hydrogen-bond donors (Lipinski definition) is 1. The Bertz CT molecular complexity index is 482. The lowest BCUT2D eigenvalue weighted by atomic mass is 10.2. The minimum Gasteiger partial charge on any atom is -0.493 e. The molecule has 0 atom stereocenters. The van der Waals surface area contributed by atoms with Crippen LogP contribution in [0.2, 0.25) is 0 Å². The van der Waals surface area contributed by atoms with Crippen LogP contribution in [0.4, 0.5) is 0 Å². The maximum absolute atomic E-state index is 11.7. The molecule has 0 spiro atoms. The van der Waals surface area contributed by atoms with Gasteiger partial charge in [-0.2, -0.15) is 0 Å². The fourth-order valence-electron chi connectivity index (χ4n) is 1.51. The van der Waals surface area contributed by atoms with Crippen molar-refractivity contribution in [2.75, 3.05) is 20.5 Å². The monoisotopic (exact) mass is 245 g/mol. The summed E-state index contributed by atoms with van der Waals surface area (Å²) in [6.07, 6.45) is 1.11. The van der Waals surface area contributed by atoms with E-state index in [0.717, 1.165) is 6.26 Å². The number of nitrogens with two attached hydrogens (primary N) is 1. The van der Waals surface area contributed by atoms with Gasteiger partial charge < -0.3 is 15.2 Å². The number of ether oxygens (including phenoxy) is 2. The van der Waals surface area contributed by atoms with Crippen LogP contribution < -0.4 is 15.2 Å². The second-order valence-electron chi connectivity index (χ2n) is 3.27. The van der Waals surface area contributed by atoms with Gasteiger partial charge in [-0.05, 0) is 11.6 Å². The van der Waals surface area contributed by atoms with Crippen molar-refractivity contribution in [3.8, 4) is 11.5 Å². The molecule has 6 heteroatoms. The molecule has 0 aromatic heterocycles. The molecule has 0 aliphatic carbocycles. The number of methoxy groups -OCH3 is 2. The van der Waals surface area contributed by atoms with Gasteiger partial charge in [0.05, 0.1) is 14.2 Å². The van der Waals surface area contributed by atoms with Crippen molar-refractivity contribution in [2.24, 2.45) is 5.73 Å². The van der Waals surface area contributed by atoms with Crippen molar-refractivity contribution < 1.29 is 17.9 Å². The maximum Gasteiger partial charge on any atom is 0.179 e. The Morgan fingerprint density at radius 2 is 1.88 bits per heavy atom. The number of sulfone groups is 1. The Morgan fingerprint density at radius 1 is 1.25 bits per heavy atom. The molecule has 0 amide bonds. The average Bonchev–Trinajstić information content (AvgIpc) is 2.25. The third-order valence-electron chi connectivity index (χ3n) is 2.17. The molecule has 0 saturated heterocycles. The van der Waals surface area contributed by atoms with Crippen LogP contribution >= 0.6 is 0 Å². The van der Waals surface area contributed by atoms with Gasteiger partial charge in [-0.1, -0.05) is 6.07 Å². The van der Waals surface area contributed by atoms with Gasteiger partial charge in [0, 0.05) is 12.8 Å². The normalized spacial score (nSPS) is 11.2. The van der Waals surface area contributed by atoms with Crippen LogP contribution in [0.1, 0.15) is 5.56 Å². The first-order valence-corrected chi connectivity index (χ1v) is 6.48. The van der Waals surface area contributed by atoms with E-state index in [9.17, 15) is 8.42 Å². The molecule has 16 heavy (non-hydrogen) atoms. The summed E-state index contributed by atoms with van der Waals surface area (Å²) < 4.78 is 33.5. The van der Waals surface area contributed by atoms with Crippen LogP contribution in [0.5, 0.6) is 11.5 Å². The van der Waals surface area contributed by atoms with E-state index in [0.29, 0.717) is 11.3 Å². The first kappa shape index (κ1) is 12.8. The van der Waals surface area contributed by atoms with Crippen molar-refractivity contribution >= 4 is 9.84 Å². The molecule has 0 aliphatic rings. The van der Waals surface area contributed by atoms with Gasteiger partial charge in [0.25, 0.3) is 0 Å². The average molecular weight is 245 g/mol. The molecule has 0 aliphatic heterocycles. The lowest BCUT2D eigenvalue weighted by molar-refractivity contribution is 0.346. The predicted octanol–water partition coefficient (Wildman–Crippen LogP) is 0.566. The van der Waals surface area contributed by atoms with Gasteiger partial charge in [0.1, 0.15) is 4.90 Å². The molecule has 1 rings (SSSR count). The molecule has 0 unspecified atom stereocenters. The Hall–Kier alpha value is -1.27. The highest BCUT2D eigenvalue weighted by atomic mass is 32.2. The Labute approximate surface area is 95.1 Å². The van der Waals surface area contributed by atoms with E-state index < -0.39 is 9.84 Å². The molecule has 2 N–H and O–H groups in total. The summed E-state index contributed by atoms with van der Waals surface area (Å²) in [4.78, 5) is 0.0943. The molecule has 0 fully saturated rings. The molecule has 5 nitrogen and oxygen atoms in total. The lowest BCUT2D eigenvalue weighted by Crippen LogP contribution is -2.09. The van der Waals surface area contributed by atoms with Crippen molar-refractivity contribution in [2.45, 2.75) is 11.4 Å². The standard InChI is InChI=1S/C10H15NO4S/c1-14-8-5-4-7(6-11)10(9(8)15-2)16(3,12)13/h4-5H,6,11H2,1-3H3. The highest BCUT2D eigenvalue weighted by Crippen LogP contribution is 2.36. The topological polar surface area (TPSA) is 78.6 Å². The third-order valence-corrected chi connectivity index (χ3v) is 3.36. The summed E-state index contributed by atoms with van der Waals surface area (Å²) in [6.45, 7) is 0.128. The van der Waals surface area contributed by atoms with Gasteiger partial charge in [-0.25, -0.2) is 8.42 Å². The van der Waals surface area contributed by atoms with E-state index >= 15 is 0 Å². The Balaban J connectivity index is 3.63. The van der Waals surface area contributed by atoms with Crippen LogP contribution in [0, 0.1) is 0 Å². The number of rotatable bonds is 4. The highest BCUT2D eigenvalue weighted by molar-refractivity contribution is 7.90. The van der Waals surface area contributed by atoms with E-state index in [2.05, 4.69) is 0 Å². The van der Waals surface area contributed by atoms with Gasteiger partial charge in [0.2, 0.25) is 0 Å². The molecule has 0 saturated carbocycles. The first-order valence-electron chi connectivity index (χ1n) is 4.59. The second kappa shape index (κ2) is 4.71. The third kappa shape index (κ3) is 2.28. The van der Waals surface area contributed by atoms with Gasteiger partial charge in [-0.15, -0.1) is 0 Å².